The number of hydrogen-bond acceptors (Lipinski definition) is 3. The third-order valence-corrected chi connectivity index (χ3v) is 3.48. The van der Waals surface area contributed by atoms with E-state index in [0.29, 0.717) is 10.8 Å². The highest BCUT2D eigenvalue weighted by molar-refractivity contribution is 6.34. The van der Waals surface area contributed by atoms with Crippen molar-refractivity contribution in [2.24, 2.45) is 0 Å². The van der Waals surface area contributed by atoms with Crippen LogP contribution in [0.1, 0.15) is 5.56 Å². The molecule has 2 aromatic carbocycles. The molecular weight excluding hydrogens is 300 g/mol. The SMILES string of the molecule is O=C(Nc1ccc2c(Cl)nccc2c1)OCc1ccccc1. The van der Waals surface area contributed by atoms with Crippen molar-refractivity contribution in [1.82, 2.24) is 4.98 Å². The Morgan fingerprint density at radius 3 is 2.77 bits per heavy atom. The number of ether oxygens (including phenoxy) is 1. The van der Waals surface area contributed by atoms with Gasteiger partial charge in [0.2, 0.25) is 0 Å². The molecule has 0 aliphatic heterocycles. The summed E-state index contributed by atoms with van der Waals surface area (Å²) in [5.41, 5.74) is 1.59. The predicted molar refractivity (Wildman–Crippen MR) is 87.0 cm³/mol. The van der Waals surface area contributed by atoms with E-state index in [9.17, 15) is 4.79 Å². The van der Waals surface area contributed by atoms with Gasteiger partial charge in [-0.2, -0.15) is 0 Å². The van der Waals surface area contributed by atoms with Gasteiger partial charge in [0.25, 0.3) is 0 Å². The number of carbonyl (C=O) groups is 1. The van der Waals surface area contributed by atoms with Crippen LogP contribution in [-0.4, -0.2) is 11.1 Å². The lowest BCUT2D eigenvalue weighted by atomic mass is 10.1. The summed E-state index contributed by atoms with van der Waals surface area (Å²) in [6.07, 6.45) is 1.13. The Labute approximate surface area is 132 Å². The lowest BCUT2D eigenvalue weighted by Crippen LogP contribution is -2.13. The summed E-state index contributed by atoms with van der Waals surface area (Å²) in [6, 6.07) is 16.8. The standard InChI is InChI=1S/C17H13ClN2O2/c18-16-15-7-6-14(10-13(15)8-9-19-16)20-17(21)22-11-12-4-2-1-3-5-12/h1-10H,11H2,(H,20,21). The van der Waals surface area contributed by atoms with E-state index in [-0.39, 0.29) is 6.61 Å². The minimum atomic E-state index is -0.497. The minimum absolute atomic E-state index is 0.232. The number of hydrogen-bond donors (Lipinski definition) is 1. The van der Waals surface area contributed by atoms with E-state index in [1.54, 1.807) is 12.3 Å². The third-order valence-electron chi connectivity index (χ3n) is 3.17. The predicted octanol–water partition coefficient (Wildman–Crippen LogP) is 4.64. The van der Waals surface area contributed by atoms with Crippen LogP contribution >= 0.6 is 11.6 Å². The number of rotatable bonds is 3. The summed E-state index contributed by atoms with van der Waals surface area (Å²) < 4.78 is 5.18. The van der Waals surface area contributed by atoms with E-state index in [4.69, 9.17) is 16.3 Å². The fraction of sp³-hybridized carbons (Fsp3) is 0.0588. The molecule has 3 rings (SSSR count). The monoisotopic (exact) mass is 312 g/mol. The number of halogens is 1. The van der Waals surface area contributed by atoms with Crippen LogP contribution in [0.25, 0.3) is 10.8 Å². The van der Waals surface area contributed by atoms with Crippen molar-refractivity contribution in [3.63, 3.8) is 0 Å². The first-order valence-corrected chi connectivity index (χ1v) is 7.12. The van der Waals surface area contributed by atoms with Gasteiger partial charge in [-0.25, -0.2) is 9.78 Å². The highest BCUT2D eigenvalue weighted by Gasteiger charge is 2.06. The number of pyridine rings is 1. The van der Waals surface area contributed by atoms with Gasteiger partial charge in [-0.15, -0.1) is 0 Å². The van der Waals surface area contributed by atoms with Crippen molar-refractivity contribution in [3.8, 4) is 0 Å². The van der Waals surface area contributed by atoms with Gasteiger partial charge in [-0.05, 0) is 35.2 Å². The highest BCUT2D eigenvalue weighted by Crippen LogP contribution is 2.24. The molecule has 1 heterocycles. The molecule has 4 nitrogen and oxygen atoms in total. The van der Waals surface area contributed by atoms with Crippen LogP contribution < -0.4 is 5.32 Å². The minimum Gasteiger partial charge on any atom is -0.444 e. The molecule has 0 fully saturated rings. The second-order valence-electron chi connectivity index (χ2n) is 4.72. The molecule has 0 unspecified atom stereocenters. The van der Waals surface area contributed by atoms with Crippen LogP contribution in [0.4, 0.5) is 10.5 Å². The number of fused-ring (bicyclic) bond motifs is 1. The second-order valence-corrected chi connectivity index (χ2v) is 5.08. The fourth-order valence-electron chi connectivity index (χ4n) is 2.10. The Morgan fingerprint density at radius 2 is 1.95 bits per heavy atom. The van der Waals surface area contributed by atoms with Crippen molar-refractivity contribution in [1.29, 1.82) is 0 Å². The number of anilines is 1. The zero-order valence-electron chi connectivity index (χ0n) is 11.6. The van der Waals surface area contributed by atoms with E-state index in [2.05, 4.69) is 10.3 Å². The molecule has 1 aromatic heterocycles. The van der Waals surface area contributed by atoms with Crippen LogP contribution in [0.15, 0.2) is 60.8 Å². The molecule has 0 aliphatic rings. The summed E-state index contributed by atoms with van der Waals surface area (Å²) in [5, 5.41) is 4.88. The van der Waals surface area contributed by atoms with Gasteiger partial charge in [-0.1, -0.05) is 41.9 Å². The molecule has 3 aromatic rings. The largest absolute Gasteiger partial charge is 0.444 e. The molecule has 1 N–H and O–H groups in total. The van der Waals surface area contributed by atoms with Gasteiger partial charge < -0.3 is 4.74 Å². The number of amides is 1. The van der Waals surface area contributed by atoms with E-state index < -0.39 is 6.09 Å². The molecule has 110 valence electrons. The molecule has 0 aliphatic carbocycles. The molecule has 0 saturated carbocycles. The zero-order valence-corrected chi connectivity index (χ0v) is 12.4. The normalized spacial score (nSPS) is 10.4. The Kier molecular flexibility index (Phi) is 4.21. The molecule has 5 heteroatoms. The van der Waals surface area contributed by atoms with Crippen LogP contribution in [0.2, 0.25) is 5.15 Å². The van der Waals surface area contributed by atoms with E-state index in [1.807, 2.05) is 48.5 Å². The molecule has 0 atom stereocenters. The van der Waals surface area contributed by atoms with Gasteiger partial charge in [0, 0.05) is 17.3 Å². The Balaban J connectivity index is 1.66. The summed E-state index contributed by atoms with van der Waals surface area (Å²) in [6.45, 7) is 0.232. The number of nitrogens with one attached hydrogen (secondary N) is 1. The quantitative estimate of drug-likeness (QED) is 0.717. The molecule has 0 saturated heterocycles. The van der Waals surface area contributed by atoms with Crippen LogP contribution in [0.5, 0.6) is 0 Å². The molecule has 1 amide bonds. The third kappa shape index (κ3) is 3.35. The van der Waals surface area contributed by atoms with Crippen LogP contribution in [0, 0.1) is 0 Å². The summed E-state index contributed by atoms with van der Waals surface area (Å²) >= 11 is 6.01. The first kappa shape index (κ1) is 14.4. The Hall–Kier alpha value is -2.59. The van der Waals surface area contributed by atoms with Crippen molar-refractivity contribution in [3.05, 3.63) is 71.5 Å². The smallest absolute Gasteiger partial charge is 0.411 e. The van der Waals surface area contributed by atoms with Gasteiger partial charge >= 0.3 is 6.09 Å². The summed E-state index contributed by atoms with van der Waals surface area (Å²) in [4.78, 5) is 15.8. The van der Waals surface area contributed by atoms with Crippen molar-refractivity contribution in [2.45, 2.75) is 6.61 Å². The average molecular weight is 313 g/mol. The van der Waals surface area contributed by atoms with E-state index >= 15 is 0 Å². The van der Waals surface area contributed by atoms with E-state index in [0.717, 1.165) is 16.3 Å². The van der Waals surface area contributed by atoms with E-state index in [1.165, 1.54) is 0 Å². The van der Waals surface area contributed by atoms with Crippen molar-refractivity contribution < 1.29 is 9.53 Å². The maximum Gasteiger partial charge on any atom is 0.411 e. The van der Waals surface area contributed by atoms with Gasteiger partial charge in [0.05, 0.1) is 0 Å². The first-order chi connectivity index (χ1) is 10.7. The lowest BCUT2D eigenvalue weighted by molar-refractivity contribution is 0.155. The van der Waals surface area contributed by atoms with Gasteiger partial charge in [0.15, 0.2) is 0 Å². The molecular formula is C17H13ClN2O2. The number of nitrogens with zero attached hydrogens (tertiary/aromatic N) is 1. The topological polar surface area (TPSA) is 51.2 Å². The summed E-state index contributed by atoms with van der Waals surface area (Å²) in [7, 11) is 0. The number of carbonyl (C=O) groups excluding carboxylic acids is 1. The molecule has 22 heavy (non-hydrogen) atoms. The average Bonchev–Trinajstić information content (AvgIpc) is 2.54. The highest BCUT2D eigenvalue weighted by atomic mass is 35.5. The Bertz CT molecular complexity index is 806. The maximum atomic E-state index is 11.8. The van der Waals surface area contributed by atoms with Crippen molar-refractivity contribution >= 4 is 34.2 Å². The second kappa shape index (κ2) is 6.45. The molecule has 0 spiro atoms. The lowest BCUT2D eigenvalue weighted by Gasteiger charge is -2.08. The Morgan fingerprint density at radius 1 is 1.14 bits per heavy atom. The molecule has 0 bridgehead atoms. The summed E-state index contributed by atoms with van der Waals surface area (Å²) in [5.74, 6) is 0. The van der Waals surface area contributed by atoms with Gasteiger partial charge in [-0.3, -0.25) is 5.32 Å². The van der Waals surface area contributed by atoms with Crippen molar-refractivity contribution in [2.75, 3.05) is 5.32 Å². The van der Waals surface area contributed by atoms with Crippen LogP contribution in [-0.2, 0) is 11.3 Å². The van der Waals surface area contributed by atoms with Crippen LogP contribution in [0.3, 0.4) is 0 Å². The number of aromatic nitrogens is 1. The fourth-order valence-corrected chi connectivity index (χ4v) is 2.32. The van der Waals surface area contributed by atoms with Gasteiger partial charge in [0.1, 0.15) is 11.8 Å². The zero-order chi connectivity index (χ0) is 15.4. The first-order valence-electron chi connectivity index (χ1n) is 6.74. The number of benzene rings is 2. The maximum absolute atomic E-state index is 11.8. The molecule has 0 radical (unpaired) electrons.